The molecule has 0 aliphatic carbocycles. The molecule has 2 N–H and O–H groups in total. The Labute approximate surface area is 109 Å². The summed E-state index contributed by atoms with van der Waals surface area (Å²) in [6.45, 7) is 9.87. The predicted octanol–water partition coefficient (Wildman–Crippen LogP) is 0.441. The molecule has 5 heteroatoms. The van der Waals surface area contributed by atoms with Gasteiger partial charge < -0.3 is 15.5 Å². The molecule has 0 aromatic heterocycles. The van der Waals surface area contributed by atoms with E-state index >= 15 is 0 Å². The standard InChI is InChI=1S/C13H25N3O2/c1-5-13(4,14)12(18)16-8-6-15(7-9-16)11(17)10(2)3/h10H,5-9,14H2,1-4H3. The molecular formula is C13H25N3O2. The van der Waals surface area contributed by atoms with E-state index in [9.17, 15) is 9.59 Å². The van der Waals surface area contributed by atoms with Crippen LogP contribution >= 0.6 is 0 Å². The molecule has 1 aliphatic heterocycles. The summed E-state index contributed by atoms with van der Waals surface area (Å²) in [5.41, 5.74) is 5.17. The highest BCUT2D eigenvalue weighted by molar-refractivity contribution is 5.86. The van der Waals surface area contributed by atoms with Crippen LogP contribution in [0.4, 0.5) is 0 Å². The van der Waals surface area contributed by atoms with Crippen LogP contribution in [-0.2, 0) is 9.59 Å². The molecule has 0 aromatic carbocycles. The van der Waals surface area contributed by atoms with Crippen molar-refractivity contribution in [1.82, 2.24) is 9.80 Å². The van der Waals surface area contributed by atoms with Gasteiger partial charge in [-0.05, 0) is 13.3 Å². The molecule has 1 heterocycles. The number of amides is 2. The van der Waals surface area contributed by atoms with Crippen LogP contribution in [0.3, 0.4) is 0 Å². The van der Waals surface area contributed by atoms with Crippen molar-refractivity contribution >= 4 is 11.8 Å². The average molecular weight is 255 g/mol. The second-order valence-corrected chi connectivity index (χ2v) is 5.54. The third-order valence-electron chi connectivity index (χ3n) is 3.60. The molecule has 0 saturated carbocycles. The van der Waals surface area contributed by atoms with E-state index in [1.807, 2.05) is 25.7 Å². The highest BCUT2D eigenvalue weighted by atomic mass is 16.2. The van der Waals surface area contributed by atoms with Crippen LogP contribution in [0.2, 0.25) is 0 Å². The molecule has 0 spiro atoms. The fourth-order valence-electron chi connectivity index (χ4n) is 2.01. The molecule has 1 fully saturated rings. The minimum atomic E-state index is -0.787. The first-order valence-corrected chi connectivity index (χ1v) is 6.66. The molecule has 1 unspecified atom stereocenters. The summed E-state index contributed by atoms with van der Waals surface area (Å²) in [5, 5.41) is 0. The minimum Gasteiger partial charge on any atom is -0.339 e. The number of rotatable bonds is 3. The number of carbonyl (C=O) groups is 2. The molecular weight excluding hydrogens is 230 g/mol. The largest absolute Gasteiger partial charge is 0.339 e. The first kappa shape index (κ1) is 15.0. The number of nitrogens with two attached hydrogens (primary N) is 1. The Hall–Kier alpha value is -1.10. The van der Waals surface area contributed by atoms with E-state index in [1.54, 1.807) is 11.8 Å². The SMILES string of the molecule is CCC(C)(N)C(=O)N1CCN(C(=O)C(C)C)CC1. The molecule has 2 amide bonds. The number of carbonyl (C=O) groups excluding carboxylic acids is 2. The predicted molar refractivity (Wildman–Crippen MR) is 70.9 cm³/mol. The van der Waals surface area contributed by atoms with E-state index in [4.69, 9.17) is 5.73 Å². The Balaban J connectivity index is 2.54. The Morgan fingerprint density at radius 2 is 1.61 bits per heavy atom. The van der Waals surface area contributed by atoms with Gasteiger partial charge in [0.25, 0.3) is 0 Å². The maximum absolute atomic E-state index is 12.2. The van der Waals surface area contributed by atoms with E-state index < -0.39 is 5.54 Å². The fourth-order valence-corrected chi connectivity index (χ4v) is 2.01. The molecule has 18 heavy (non-hydrogen) atoms. The quantitative estimate of drug-likeness (QED) is 0.796. The lowest BCUT2D eigenvalue weighted by atomic mass is 9.98. The van der Waals surface area contributed by atoms with Crippen LogP contribution in [0.1, 0.15) is 34.1 Å². The van der Waals surface area contributed by atoms with Crippen molar-refractivity contribution in [3.05, 3.63) is 0 Å². The van der Waals surface area contributed by atoms with Gasteiger partial charge in [0.15, 0.2) is 0 Å². The average Bonchev–Trinajstić information content (AvgIpc) is 2.37. The van der Waals surface area contributed by atoms with Crippen molar-refractivity contribution in [1.29, 1.82) is 0 Å². The monoisotopic (exact) mass is 255 g/mol. The van der Waals surface area contributed by atoms with Crippen LogP contribution in [0.5, 0.6) is 0 Å². The lowest BCUT2D eigenvalue weighted by Crippen LogP contribution is -2.58. The Kier molecular flexibility index (Phi) is 4.73. The Bertz CT molecular complexity index is 318. The van der Waals surface area contributed by atoms with Crippen LogP contribution < -0.4 is 5.73 Å². The summed E-state index contributed by atoms with van der Waals surface area (Å²) in [6.07, 6.45) is 0.622. The summed E-state index contributed by atoms with van der Waals surface area (Å²) in [4.78, 5) is 27.6. The highest BCUT2D eigenvalue weighted by Gasteiger charge is 2.33. The van der Waals surface area contributed by atoms with Gasteiger partial charge in [0, 0.05) is 32.1 Å². The van der Waals surface area contributed by atoms with Gasteiger partial charge in [0.2, 0.25) is 11.8 Å². The van der Waals surface area contributed by atoms with Crippen molar-refractivity contribution in [2.45, 2.75) is 39.7 Å². The van der Waals surface area contributed by atoms with E-state index in [1.165, 1.54) is 0 Å². The van der Waals surface area contributed by atoms with Gasteiger partial charge in [-0.25, -0.2) is 0 Å². The van der Waals surface area contributed by atoms with Crippen LogP contribution in [0.15, 0.2) is 0 Å². The molecule has 1 saturated heterocycles. The normalized spacial score (nSPS) is 19.9. The second kappa shape index (κ2) is 5.69. The Morgan fingerprint density at radius 1 is 1.17 bits per heavy atom. The zero-order valence-electron chi connectivity index (χ0n) is 11.9. The summed E-state index contributed by atoms with van der Waals surface area (Å²) in [5.74, 6) is 0.164. The van der Waals surface area contributed by atoms with Crippen LogP contribution in [0, 0.1) is 5.92 Å². The fraction of sp³-hybridized carbons (Fsp3) is 0.846. The maximum atomic E-state index is 12.2. The van der Waals surface area contributed by atoms with E-state index in [2.05, 4.69) is 0 Å². The topological polar surface area (TPSA) is 66.6 Å². The number of hydrogen-bond donors (Lipinski definition) is 1. The molecule has 1 atom stereocenters. The number of piperazine rings is 1. The summed E-state index contributed by atoms with van der Waals surface area (Å²) in [6, 6.07) is 0. The van der Waals surface area contributed by atoms with E-state index in [0.717, 1.165) is 0 Å². The van der Waals surface area contributed by atoms with Gasteiger partial charge in [0.1, 0.15) is 0 Å². The summed E-state index contributed by atoms with van der Waals surface area (Å²) >= 11 is 0. The van der Waals surface area contributed by atoms with Crippen molar-refractivity contribution in [3.8, 4) is 0 Å². The van der Waals surface area contributed by atoms with Crippen molar-refractivity contribution < 1.29 is 9.59 Å². The molecule has 0 radical (unpaired) electrons. The Morgan fingerprint density at radius 3 is 2.00 bits per heavy atom. The van der Waals surface area contributed by atoms with Crippen molar-refractivity contribution in [3.63, 3.8) is 0 Å². The first-order valence-electron chi connectivity index (χ1n) is 6.66. The van der Waals surface area contributed by atoms with Gasteiger partial charge in [-0.2, -0.15) is 0 Å². The number of nitrogens with zero attached hydrogens (tertiary/aromatic N) is 2. The molecule has 1 rings (SSSR count). The molecule has 5 nitrogen and oxygen atoms in total. The maximum Gasteiger partial charge on any atom is 0.242 e. The third kappa shape index (κ3) is 3.22. The smallest absolute Gasteiger partial charge is 0.242 e. The number of hydrogen-bond acceptors (Lipinski definition) is 3. The summed E-state index contributed by atoms with van der Waals surface area (Å²) in [7, 11) is 0. The van der Waals surface area contributed by atoms with Crippen LogP contribution in [-0.4, -0.2) is 53.3 Å². The van der Waals surface area contributed by atoms with Gasteiger partial charge >= 0.3 is 0 Å². The zero-order chi connectivity index (χ0) is 13.9. The van der Waals surface area contributed by atoms with Gasteiger partial charge in [-0.1, -0.05) is 20.8 Å². The first-order chi connectivity index (χ1) is 8.29. The molecule has 104 valence electrons. The van der Waals surface area contributed by atoms with Crippen LogP contribution in [0.25, 0.3) is 0 Å². The lowest BCUT2D eigenvalue weighted by molar-refractivity contribution is -0.144. The summed E-state index contributed by atoms with van der Waals surface area (Å²) < 4.78 is 0. The molecule has 0 bridgehead atoms. The highest BCUT2D eigenvalue weighted by Crippen LogP contribution is 2.13. The minimum absolute atomic E-state index is 0.0124. The van der Waals surface area contributed by atoms with E-state index in [0.29, 0.717) is 32.6 Å². The van der Waals surface area contributed by atoms with Crippen molar-refractivity contribution in [2.75, 3.05) is 26.2 Å². The van der Waals surface area contributed by atoms with Gasteiger partial charge in [-0.15, -0.1) is 0 Å². The second-order valence-electron chi connectivity index (χ2n) is 5.54. The molecule has 0 aromatic rings. The van der Waals surface area contributed by atoms with Crippen molar-refractivity contribution in [2.24, 2.45) is 11.7 Å². The van der Waals surface area contributed by atoms with Gasteiger partial charge in [0.05, 0.1) is 5.54 Å². The lowest BCUT2D eigenvalue weighted by Gasteiger charge is -2.38. The van der Waals surface area contributed by atoms with Gasteiger partial charge in [-0.3, -0.25) is 9.59 Å². The van der Waals surface area contributed by atoms with E-state index in [-0.39, 0.29) is 17.7 Å². The third-order valence-corrected chi connectivity index (χ3v) is 3.60. The zero-order valence-corrected chi connectivity index (χ0v) is 11.9. The molecule has 1 aliphatic rings.